The molecule has 0 radical (unpaired) electrons. The number of rotatable bonds is 8. The zero-order valence-electron chi connectivity index (χ0n) is 21.2. The van der Waals surface area contributed by atoms with E-state index in [1.54, 1.807) is 13.2 Å². The molecule has 1 heterocycles. The lowest BCUT2D eigenvalue weighted by atomic mass is 9.99. The number of para-hydroxylation sites is 1. The van der Waals surface area contributed by atoms with Crippen LogP contribution in [-0.2, 0) is 6.54 Å². The van der Waals surface area contributed by atoms with Crippen molar-refractivity contribution in [1.29, 1.82) is 0 Å². The van der Waals surface area contributed by atoms with E-state index in [2.05, 4.69) is 46.0 Å². The van der Waals surface area contributed by atoms with Crippen LogP contribution in [0.3, 0.4) is 0 Å². The number of benzene rings is 3. The summed E-state index contributed by atoms with van der Waals surface area (Å²) in [6.07, 6.45) is 3.68. The summed E-state index contributed by atoms with van der Waals surface area (Å²) in [6.45, 7) is 4.66. The van der Waals surface area contributed by atoms with Crippen molar-refractivity contribution in [2.24, 2.45) is 0 Å². The van der Waals surface area contributed by atoms with E-state index >= 15 is 0 Å². The van der Waals surface area contributed by atoms with Gasteiger partial charge in [0.05, 0.1) is 7.11 Å². The molecule has 5 nitrogen and oxygen atoms in total. The predicted molar refractivity (Wildman–Crippen MR) is 145 cm³/mol. The molecule has 0 bridgehead atoms. The number of hydrogen-bond acceptors (Lipinski definition) is 5. The van der Waals surface area contributed by atoms with Gasteiger partial charge < -0.3 is 19.4 Å². The minimum absolute atomic E-state index is 0.0283. The Morgan fingerprint density at radius 3 is 2.43 bits per heavy atom. The van der Waals surface area contributed by atoms with Crippen molar-refractivity contribution < 1.29 is 9.53 Å². The van der Waals surface area contributed by atoms with Crippen LogP contribution in [0.1, 0.15) is 21.5 Å². The van der Waals surface area contributed by atoms with E-state index in [1.807, 2.05) is 62.6 Å². The van der Waals surface area contributed by atoms with Crippen molar-refractivity contribution in [3.8, 4) is 16.9 Å². The van der Waals surface area contributed by atoms with Crippen LogP contribution in [0.2, 0.25) is 0 Å². The van der Waals surface area contributed by atoms with Crippen LogP contribution in [0.4, 0.5) is 5.69 Å². The Morgan fingerprint density at radius 2 is 1.69 bits per heavy atom. The number of ketones is 1. The number of ether oxygens (including phenoxy) is 1. The van der Waals surface area contributed by atoms with Crippen molar-refractivity contribution in [1.82, 2.24) is 9.80 Å². The molecule has 0 atom stereocenters. The van der Waals surface area contributed by atoms with E-state index < -0.39 is 0 Å². The second-order valence-corrected chi connectivity index (χ2v) is 9.36. The third-order valence-corrected chi connectivity index (χ3v) is 6.48. The Labute approximate surface area is 209 Å². The fourth-order valence-electron chi connectivity index (χ4n) is 4.55. The van der Waals surface area contributed by atoms with E-state index in [4.69, 9.17) is 4.74 Å². The molecule has 0 saturated carbocycles. The van der Waals surface area contributed by atoms with Crippen LogP contribution in [0.25, 0.3) is 17.2 Å². The minimum Gasteiger partial charge on any atom is -0.496 e. The van der Waals surface area contributed by atoms with Crippen LogP contribution < -0.4 is 9.64 Å². The lowest BCUT2D eigenvalue weighted by Gasteiger charge is -2.35. The van der Waals surface area contributed by atoms with Gasteiger partial charge in [0.2, 0.25) is 0 Å². The molecule has 3 aromatic carbocycles. The van der Waals surface area contributed by atoms with Gasteiger partial charge in [-0.2, -0.15) is 0 Å². The Bertz CT molecular complexity index is 1190. The number of carbonyl (C=O) groups is 1. The summed E-state index contributed by atoms with van der Waals surface area (Å²) in [5, 5.41) is 0. The number of piperazine rings is 1. The average molecular weight is 470 g/mol. The van der Waals surface area contributed by atoms with E-state index in [0.717, 1.165) is 72.0 Å². The summed E-state index contributed by atoms with van der Waals surface area (Å²) >= 11 is 0. The number of carbonyl (C=O) groups excluding carboxylic acids is 1. The van der Waals surface area contributed by atoms with E-state index in [0.29, 0.717) is 0 Å². The van der Waals surface area contributed by atoms with E-state index in [-0.39, 0.29) is 5.78 Å². The van der Waals surface area contributed by atoms with E-state index in [1.165, 1.54) is 0 Å². The number of nitrogens with zero attached hydrogens (tertiary/aromatic N) is 3. The van der Waals surface area contributed by atoms with Crippen LogP contribution >= 0.6 is 0 Å². The van der Waals surface area contributed by atoms with Gasteiger partial charge in [0, 0.05) is 49.5 Å². The number of hydrogen-bond donors (Lipinski definition) is 0. The maximum atomic E-state index is 13.2. The van der Waals surface area contributed by atoms with Crippen LogP contribution in [-0.4, -0.2) is 70.0 Å². The van der Waals surface area contributed by atoms with Crippen LogP contribution in [0.5, 0.6) is 5.75 Å². The summed E-state index contributed by atoms with van der Waals surface area (Å²) < 4.78 is 5.61. The normalized spacial score (nSPS) is 14.6. The molecule has 0 amide bonds. The van der Waals surface area contributed by atoms with Gasteiger partial charge in [-0.05, 0) is 62.1 Å². The van der Waals surface area contributed by atoms with Crippen LogP contribution in [0.15, 0.2) is 72.8 Å². The molecular weight excluding hydrogens is 434 g/mol. The maximum absolute atomic E-state index is 13.2. The Hall–Kier alpha value is -3.41. The molecule has 0 unspecified atom stereocenters. The molecule has 1 fully saturated rings. The summed E-state index contributed by atoms with van der Waals surface area (Å²) in [4.78, 5) is 20.0. The van der Waals surface area contributed by atoms with Gasteiger partial charge in [0.15, 0.2) is 5.78 Å². The minimum atomic E-state index is 0.0283. The molecule has 1 saturated heterocycles. The molecular formula is C30H35N3O2. The van der Waals surface area contributed by atoms with Gasteiger partial charge in [-0.1, -0.05) is 54.6 Å². The fraction of sp³-hybridized carbons (Fsp3) is 0.300. The maximum Gasteiger partial charge on any atom is 0.186 e. The molecule has 0 spiro atoms. The zero-order valence-corrected chi connectivity index (χ0v) is 21.2. The molecule has 182 valence electrons. The monoisotopic (exact) mass is 469 g/mol. The van der Waals surface area contributed by atoms with Crippen molar-refractivity contribution >= 4 is 17.5 Å². The van der Waals surface area contributed by atoms with Crippen molar-refractivity contribution in [2.75, 3.05) is 59.3 Å². The van der Waals surface area contributed by atoms with Crippen molar-refractivity contribution in [3.05, 3.63) is 89.5 Å². The molecule has 0 aromatic heterocycles. The van der Waals surface area contributed by atoms with Crippen LogP contribution in [0, 0.1) is 0 Å². The Balaban J connectivity index is 1.69. The van der Waals surface area contributed by atoms with Gasteiger partial charge in [0.25, 0.3) is 0 Å². The number of likely N-dealkylation sites (N-methyl/N-ethyl adjacent to an activating group) is 1. The van der Waals surface area contributed by atoms with E-state index in [9.17, 15) is 4.79 Å². The summed E-state index contributed by atoms with van der Waals surface area (Å²) in [7, 11) is 7.90. The summed E-state index contributed by atoms with van der Waals surface area (Å²) in [5.41, 5.74) is 6.16. The highest BCUT2D eigenvalue weighted by molar-refractivity contribution is 6.08. The molecule has 35 heavy (non-hydrogen) atoms. The first kappa shape index (κ1) is 24.7. The quantitative estimate of drug-likeness (QED) is 0.340. The number of methoxy groups -OCH3 is 1. The first-order valence-electron chi connectivity index (χ1n) is 12.1. The molecule has 1 aliphatic rings. The largest absolute Gasteiger partial charge is 0.496 e. The third-order valence-electron chi connectivity index (χ3n) is 6.48. The Kier molecular flexibility index (Phi) is 8.01. The molecule has 4 rings (SSSR count). The third kappa shape index (κ3) is 5.99. The van der Waals surface area contributed by atoms with Gasteiger partial charge in [-0.3, -0.25) is 4.79 Å². The molecule has 3 aromatic rings. The van der Waals surface area contributed by atoms with Crippen molar-refractivity contribution in [2.45, 2.75) is 6.54 Å². The fourth-order valence-corrected chi connectivity index (χ4v) is 4.55. The first-order valence-corrected chi connectivity index (χ1v) is 12.1. The molecule has 1 aliphatic heterocycles. The highest BCUT2D eigenvalue weighted by atomic mass is 16.5. The lowest BCUT2D eigenvalue weighted by Crippen LogP contribution is -2.44. The summed E-state index contributed by atoms with van der Waals surface area (Å²) in [5.74, 6) is 0.883. The van der Waals surface area contributed by atoms with Gasteiger partial charge in [0.1, 0.15) is 5.75 Å². The molecule has 0 aliphatic carbocycles. The zero-order chi connectivity index (χ0) is 24.8. The van der Waals surface area contributed by atoms with Gasteiger partial charge in [-0.25, -0.2) is 0 Å². The predicted octanol–water partition coefficient (Wildman–Crippen LogP) is 5.07. The standard InChI is InChI=1S/C30H35N3O2/c1-31(2)22-25-9-5-6-10-26(25)29(34)16-15-23-13-14-24(27-11-7-8-12-30(27)35-4)21-28(23)33-19-17-32(3)18-20-33/h5-16,21H,17-20,22H2,1-4H3/b16-15+. The van der Waals surface area contributed by atoms with Gasteiger partial charge >= 0.3 is 0 Å². The second-order valence-electron chi connectivity index (χ2n) is 9.36. The highest BCUT2D eigenvalue weighted by Gasteiger charge is 2.18. The van der Waals surface area contributed by atoms with Crippen molar-refractivity contribution in [3.63, 3.8) is 0 Å². The Morgan fingerprint density at radius 1 is 0.971 bits per heavy atom. The lowest BCUT2D eigenvalue weighted by molar-refractivity contribution is 0.104. The first-order chi connectivity index (χ1) is 17.0. The number of allylic oxidation sites excluding steroid dienone is 1. The average Bonchev–Trinajstić information content (AvgIpc) is 2.87. The number of anilines is 1. The SMILES string of the molecule is COc1ccccc1-c1ccc(/C=C/C(=O)c2ccccc2CN(C)C)c(N2CCN(C)CC2)c1. The second kappa shape index (κ2) is 11.3. The highest BCUT2D eigenvalue weighted by Crippen LogP contribution is 2.34. The van der Waals surface area contributed by atoms with Gasteiger partial charge in [-0.15, -0.1) is 0 Å². The smallest absolute Gasteiger partial charge is 0.186 e. The summed E-state index contributed by atoms with van der Waals surface area (Å²) in [6, 6.07) is 22.4. The molecule has 5 heteroatoms. The molecule has 0 N–H and O–H groups in total. The topological polar surface area (TPSA) is 36.0 Å².